The van der Waals surface area contributed by atoms with E-state index in [-0.39, 0.29) is 30.3 Å². The average Bonchev–Trinajstić information content (AvgIpc) is 3.30. The van der Waals surface area contributed by atoms with Gasteiger partial charge >= 0.3 is 6.03 Å². The molecule has 1 saturated heterocycles. The van der Waals surface area contributed by atoms with Gasteiger partial charge in [-0.2, -0.15) is 0 Å². The normalized spacial score (nSPS) is 28.7. The first-order valence-electron chi connectivity index (χ1n) is 8.83. The highest BCUT2D eigenvalue weighted by atomic mass is 16.2. The van der Waals surface area contributed by atoms with Gasteiger partial charge < -0.3 is 15.2 Å². The molecule has 0 unspecified atom stereocenters. The van der Waals surface area contributed by atoms with Gasteiger partial charge in [0, 0.05) is 25.2 Å². The predicted molar refractivity (Wildman–Crippen MR) is 88.6 cm³/mol. The van der Waals surface area contributed by atoms with Crippen molar-refractivity contribution in [3.8, 4) is 0 Å². The summed E-state index contributed by atoms with van der Waals surface area (Å²) in [5.74, 6) is 0.649. The molecule has 3 heterocycles. The first-order valence-corrected chi connectivity index (χ1v) is 8.83. The van der Waals surface area contributed by atoms with E-state index in [4.69, 9.17) is 0 Å². The zero-order valence-electron chi connectivity index (χ0n) is 14.5. The van der Waals surface area contributed by atoms with Crippen molar-refractivity contribution in [1.29, 1.82) is 0 Å². The van der Waals surface area contributed by atoms with Crippen LogP contribution in [0.1, 0.15) is 37.7 Å². The fourth-order valence-electron chi connectivity index (χ4n) is 3.92. The van der Waals surface area contributed by atoms with E-state index < -0.39 is 11.6 Å². The molecule has 1 saturated carbocycles. The van der Waals surface area contributed by atoms with Gasteiger partial charge in [0.1, 0.15) is 17.9 Å². The first-order chi connectivity index (χ1) is 11.9. The highest BCUT2D eigenvalue weighted by Crippen LogP contribution is 2.42. The summed E-state index contributed by atoms with van der Waals surface area (Å²) in [6.07, 6.45) is 5.48. The lowest BCUT2D eigenvalue weighted by atomic mass is 9.96. The minimum Gasteiger partial charge on any atom is -0.350 e. The third kappa shape index (κ3) is 2.79. The van der Waals surface area contributed by atoms with Crippen LogP contribution in [0.25, 0.3) is 0 Å². The van der Waals surface area contributed by atoms with Gasteiger partial charge in [0.05, 0.1) is 5.69 Å². The lowest BCUT2D eigenvalue weighted by molar-refractivity contribution is -0.135. The van der Waals surface area contributed by atoms with Gasteiger partial charge in [-0.25, -0.2) is 9.78 Å². The largest absolute Gasteiger partial charge is 0.350 e. The van der Waals surface area contributed by atoms with Crippen LogP contribution in [0.3, 0.4) is 0 Å². The smallest absolute Gasteiger partial charge is 0.325 e. The predicted octanol–water partition coefficient (Wildman–Crippen LogP) is 0.343. The van der Waals surface area contributed by atoms with Crippen molar-refractivity contribution in [3.63, 3.8) is 0 Å². The summed E-state index contributed by atoms with van der Waals surface area (Å²) in [7, 11) is 0. The molecule has 1 aliphatic carbocycles. The molecule has 1 aromatic heterocycles. The van der Waals surface area contributed by atoms with Crippen molar-refractivity contribution >= 4 is 17.8 Å². The molecule has 0 radical (unpaired) electrons. The summed E-state index contributed by atoms with van der Waals surface area (Å²) in [5, 5.41) is 5.71. The third-order valence-corrected chi connectivity index (χ3v) is 5.47. The van der Waals surface area contributed by atoms with Crippen LogP contribution in [0.4, 0.5) is 4.79 Å². The maximum Gasteiger partial charge on any atom is 0.325 e. The Morgan fingerprint density at radius 1 is 1.40 bits per heavy atom. The van der Waals surface area contributed by atoms with Crippen molar-refractivity contribution in [3.05, 3.63) is 17.7 Å². The molecule has 0 spiro atoms. The van der Waals surface area contributed by atoms with Crippen molar-refractivity contribution < 1.29 is 14.4 Å². The molecule has 4 rings (SSSR count). The van der Waals surface area contributed by atoms with Crippen LogP contribution >= 0.6 is 0 Å². The number of rotatable bonds is 4. The van der Waals surface area contributed by atoms with Gasteiger partial charge in [-0.3, -0.25) is 14.5 Å². The zero-order valence-corrected chi connectivity index (χ0v) is 14.5. The van der Waals surface area contributed by atoms with Crippen LogP contribution in [-0.2, 0) is 22.6 Å². The second-order valence-electron chi connectivity index (χ2n) is 7.55. The molecule has 8 heteroatoms. The number of urea groups is 1. The quantitative estimate of drug-likeness (QED) is 0.769. The summed E-state index contributed by atoms with van der Waals surface area (Å²) in [5.41, 5.74) is 0.131. The monoisotopic (exact) mass is 345 g/mol. The van der Waals surface area contributed by atoms with Crippen LogP contribution in [0.5, 0.6) is 0 Å². The van der Waals surface area contributed by atoms with Crippen LogP contribution in [0.15, 0.2) is 6.20 Å². The standard InChI is InChI=1S/C17H23N5O3/c1-10-7-21-8-12(5-6-13(21)18-10)19-14(23)9-22-15(24)17(2,11-3-4-11)20-16(22)25/h7,11-12H,3-6,8-9H2,1-2H3,(H,19,23)(H,20,25)/t12-,17+/m0/s1. The Morgan fingerprint density at radius 2 is 2.16 bits per heavy atom. The molecule has 2 N–H and O–H groups in total. The molecule has 25 heavy (non-hydrogen) atoms. The van der Waals surface area contributed by atoms with Crippen LogP contribution in [0.2, 0.25) is 0 Å². The number of fused-ring (bicyclic) bond motifs is 1. The van der Waals surface area contributed by atoms with E-state index >= 15 is 0 Å². The molecule has 2 atom stereocenters. The minimum absolute atomic E-state index is 0.0100. The van der Waals surface area contributed by atoms with Crippen molar-refractivity contribution in [2.24, 2.45) is 5.92 Å². The van der Waals surface area contributed by atoms with Gasteiger partial charge in [-0.1, -0.05) is 0 Å². The Labute approximate surface area is 146 Å². The second kappa shape index (κ2) is 5.57. The number of aryl methyl sites for hydroxylation is 2. The lowest BCUT2D eigenvalue weighted by Gasteiger charge is -2.25. The Morgan fingerprint density at radius 3 is 2.88 bits per heavy atom. The topological polar surface area (TPSA) is 96.3 Å². The van der Waals surface area contributed by atoms with Crippen LogP contribution in [-0.4, -0.2) is 50.4 Å². The number of carbonyl (C=O) groups is 3. The van der Waals surface area contributed by atoms with Crippen molar-refractivity contribution in [2.45, 2.75) is 57.7 Å². The summed E-state index contributed by atoms with van der Waals surface area (Å²) in [6, 6.07) is -0.477. The van der Waals surface area contributed by atoms with Gasteiger partial charge in [-0.05, 0) is 39.0 Å². The summed E-state index contributed by atoms with van der Waals surface area (Å²) in [4.78, 5) is 42.5. The van der Waals surface area contributed by atoms with Gasteiger partial charge in [0.15, 0.2) is 0 Å². The first kappa shape index (κ1) is 16.1. The third-order valence-electron chi connectivity index (χ3n) is 5.47. The fourth-order valence-corrected chi connectivity index (χ4v) is 3.92. The van der Waals surface area contributed by atoms with Crippen LogP contribution in [0, 0.1) is 12.8 Å². The molecule has 134 valence electrons. The number of amides is 4. The molecule has 2 aliphatic heterocycles. The van der Waals surface area contributed by atoms with E-state index in [1.807, 2.05) is 13.1 Å². The molecule has 1 aromatic rings. The van der Waals surface area contributed by atoms with E-state index in [0.717, 1.165) is 42.1 Å². The highest BCUT2D eigenvalue weighted by Gasteiger charge is 2.56. The molecule has 3 aliphatic rings. The minimum atomic E-state index is -0.842. The van der Waals surface area contributed by atoms with Gasteiger partial charge in [0.25, 0.3) is 5.91 Å². The van der Waals surface area contributed by atoms with Crippen molar-refractivity contribution in [1.82, 2.24) is 25.1 Å². The zero-order chi connectivity index (χ0) is 17.8. The maximum absolute atomic E-state index is 12.6. The summed E-state index contributed by atoms with van der Waals surface area (Å²) < 4.78 is 2.06. The number of carbonyl (C=O) groups excluding carboxylic acids is 3. The maximum atomic E-state index is 12.6. The molecule has 2 fully saturated rings. The highest BCUT2D eigenvalue weighted by molar-refractivity contribution is 6.09. The molecular weight excluding hydrogens is 322 g/mol. The fraction of sp³-hybridized carbons (Fsp3) is 0.647. The average molecular weight is 345 g/mol. The Kier molecular flexibility index (Phi) is 3.59. The Bertz CT molecular complexity index is 753. The lowest BCUT2D eigenvalue weighted by Crippen LogP contribution is -2.48. The Hall–Kier alpha value is -2.38. The molecule has 4 amide bonds. The number of aromatic nitrogens is 2. The SMILES string of the molecule is Cc1cn2c(n1)CC[C@H](NC(=O)CN1C(=O)N[C@](C)(C3CC3)C1=O)C2. The van der Waals surface area contributed by atoms with Crippen molar-refractivity contribution in [2.75, 3.05) is 6.54 Å². The second-order valence-corrected chi connectivity index (χ2v) is 7.55. The number of nitrogens with zero attached hydrogens (tertiary/aromatic N) is 3. The van der Waals surface area contributed by atoms with E-state index in [1.165, 1.54) is 0 Å². The van der Waals surface area contributed by atoms with E-state index in [2.05, 4.69) is 20.2 Å². The van der Waals surface area contributed by atoms with E-state index in [1.54, 1.807) is 6.92 Å². The number of hydrogen-bond donors (Lipinski definition) is 2. The molecular formula is C17H23N5O3. The van der Waals surface area contributed by atoms with E-state index in [0.29, 0.717) is 6.54 Å². The number of imidazole rings is 1. The molecule has 0 bridgehead atoms. The molecule has 8 nitrogen and oxygen atoms in total. The van der Waals surface area contributed by atoms with Crippen LogP contribution < -0.4 is 10.6 Å². The summed E-state index contributed by atoms with van der Waals surface area (Å²) >= 11 is 0. The number of imide groups is 1. The van der Waals surface area contributed by atoms with Gasteiger partial charge in [-0.15, -0.1) is 0 Å². The van der Waals surface area contributed by atoms with Gasteiger partial charge in [0.2, 0.25) is 5.91 Å². The number of hydrogen-bond acceptors (Lipinski definition) is 4. The Balaban J connectivity index is 1.36. The number of nitrogens with one attached hydrogen (secondary N) is 2. The van der Waals surface area contributed by atoms with E-state index in [9.17, 15) is 14.4 Å². The molecule has 0 aromatic carbocycles. The summed E-state index contributed by atoms with van der Waals surface area (Å²) in [6.45, 7) is 4.15.